The fourth-order valence-electron chi connectivity index (χ4n) is 5.21. The number of hydrogen-bond acceptors (Lipinski definition) is 6. The van der Waals surface area contributed by atoms with Crippen LogP contribution >= 0.6 is 11.6 Å². The van der Waals surface area contributed by atoms with Gasteiger partial charge in [-0.25, -0.2) is 13.2 Å². The number of halogens is 1. The standard InChI is InChI=1S/C36H35ClN2O6S/c1-6-44-36(41)34-26(5)39(29-14-9-24(3)25(4)19-29)35(40)33(34)20-30-15-16-31(45-30)22-38(21-27-10-7-23(2)8-11-27)46(42,43)32-17-12-28(37)13-18-32/h7-20H,6,21-22H2,1-5H3/b33-20+. The van der Waals surface area contributed by atoms with Crippen LogP contribution in [0.2, 0.25) is 5.02 Å². The van der Waals surface area contributed by atoms with Crippen LogP contribution in [0, 0.1) is 20.8 Å². The molecule has 238 valence electrons. The second kappa shape index (κ2) is 13.5. The number of nitrogens with zero attached hydrogens (tertiary/aromatic N) is 2. The zero-order chi connectivity index (χ0) is 33.2. The fourth-order valence-corrected chi connectivity index (χ4v) is 6.73. The predicted octanol–water partition coefficient (Wildman–Crippen LogP) is 7.52. The topological polar surface area (TPSA) is 97.1 Å². The highest BCUT2D eigenvalue weighted by atomic mass is 35.5. The summed E-state index contributed by atoms with van der Waals surface area (Å²) in [6, 6.07) is 22.6. The van der Waals surface area contributed by atoms with E-state index in [1.54, 1.807) is 26.0 Å². The Morgan fingerprint density at radius 1 is 0.913 bits per heavy atom. The van der Waals surface area contributed by atoms with Crippen LogP contribution in [0.1, 0.15) is 47.6 Å². The normalized spacial score (nSPS) is 14.5. The highest BCUT2D eigenvalue weighted by Crippen LogP contribution is 2.36. The van der Waals surface area contributed by atoms with Gasteiger partial charge in [0.15, 0.2) is 0 Å². The highest BCUT2D eigenvalue weighted by molar-refractivity contribution is 7.89. The number of amides is 1. The van der Waals surface area contributed by atoms with E-state index in [0.717, 1.165) is 22.3 Å². The summed E-state index contributed by atoms with van der Waals surface area (Å²) in [5.74, 6) is -0.371. The maximum Gasteiger partial charge on any atom is 0.340 e. The molecule has 10 heteroatoms. The van der Waals surface area contributed by atoms with E-state index in [4.69, 9.17) is 20.8 Å². The molecule has 0 N–H and O–H groups in total. The van der Waals surface area contributed by atoms with E-state index in [2.05, 4.69) is 0 Å². The number of anilines is 1. The highest BCUT2D eigenvalue weighted by Gasteiger charge is 2.38. The van der Waals surface area contributed by atoms with Gasteiger partial charge in [-0.05, 0) is 106 Å². The van der Waals surface area contributed by atoms with E-state index in [-0.39, 0.29) is 41.5 Å². The first-order valence-electron chi connectivity index (χ1n) is 14.8. The molecule has 46 heavy (non-hydrogen) atoms. The molecule has 2 heterocycles. The molecule has 0 spiro atoms. The second-order valence-corrected chi connectivity index (χ2v) is 13.5. The lowest BCUT2D eigenvalue weighted by molar-refractivity contribution is -0.138. The van der Waals surface area contributed by atoms with Crippen molar-refractivity contribution >= 4 is 45.3 Å². The van der Waals surface area contributed by atoms with Crippen molar-refractivity contribution in [2.75, 3.05) is 11.5 Å². The van der Waals surface area contributed by atoms with Gasteiger partial charge < -0.3 is 9.15 Å². The molecule has 0 bridgehead atoms. The molecule has 1 amide bonds. The van der Waals surface area contributed by atoms with Gasteiger partial charge in [-0.2, -0.15) is 4.31 Å². The third-order valence-electron chi connectivity index (χ3n) is 7.86. The number of esters is 1. The summed E-state index contributed by atoms with van der Waals surface area (Å²) in [6.07, 6.45) is 1.50. The van der Waals surface area contributed by atoms with Crippen molar-refractivity contribution in [3.8, 4) is 0 Å². The number of furan rings is 1. The minimum absolute atomic E-state index is 0.0790. The third kappa shape index (κ3) is 6.87. The van der Waals surface area contributed by atoms with Gasteiger partial charge in [-0.1, -0.05) is 47.5 Å². The number of carbonyl (C=O) groups is 2. The molecule has 4 aromatic rings. The van der Waals surface area contributed by atoms with E-state index >= 15 is 0 Å². The molecule has 0 fully saturated rings. The molecule has 0 saturated carbocycles. The lowest BCUT2D eigenvalue weighted by Crippen LogP contribution is -2.30. The van der Waals surface area contributed by atoms with Gasteiger partial charge in [0, 0.05) is 23.0 Å². The average molecular weight is 659 g/mol. The zero-order valence-electron chi connectivity index (χ0n) is 26.3. The maximum absolute atomic E-state index is 13.8. The minimum atomic E-state index is -3.95. The quantitative estimate of drug-likeness (QED) is 0.129. The summed E-state index contributed by atoms with van der Waals surface area (Å²) < 4.78 is 40.3. The molecule has 1 aliphatic rings. The Bertz CT molecular complexity index is 1960. The summed E-state index contributed by atoms with van der Waals surface area (Å²) in [7, 11) is -3.95. The zero-order valence-corrected chi connectivity index (χ0v) is 27.9. The number of rotatable bonds is 10. The van der Waals surface area contributed by atoms with Gasteiger partial charge >= 0.3 is 5.97 Å². The van der Waals surface area contributed by atoms with Gasteiger partial charge in [0.1, 0.15) is 11.5 Å². The van der Waals surface area contributed by atoms with Crippen LogP contribution in [-0.2, 0) is 37.4 Å². The Morgan fingerprint density at radius 3 is 2.26 bits per heavy atom. The van der Waals surface area contributed by atoms with E-state index in [1.165, 1.54) is 39.5 Å². The minimum Gasteiger partial charge on any atom is -0.462 e. The number of benzene rings is 3. The maximum atomic E-state index is 13.8. The van der Waals surface area contributed by atoms with E-state index in [1.807, 2.05) is 63.2 Å². The molecular weight excluding hydrogens is 624 g/mol. The molecule has 0 radical (unpaired) electrons. The first-order chi connectivity index (χ1) is 21.9. The first-order valence-corrected chi connectivity index (χ1v) is 16.6. The largest absolute Gasteiger partial charge is 0.462 e. The molecule has 0 aliphatic carbocycles. The molecule has 0 saturated heterocycles. The van der Waals surface area contributed by atoms with Crippen LogP contribution in [0.3, 0.4) is 0 Å². The molecular formula is C36H35ClN2O6S. The lowest BCUT2D eigenvalue weighted by atomic mass is 10.1. The Labute approximate surface area is 274 Å². The predicted molar refractivity (Wildman–Crippen MR) is 178 cm³/mol. The summed E-state index contributed by atoms with van der Waals surface area (Å²) in [5, 5.41) is 0.428. The molecule has 0 atom stereocenters. The van der Waals surface area contributed by atoms with Crippen LogP contribution in [0.25, 0.3) is 6.08 Å². The first kappa shape index (κ1) is 32.9. The van der Waals surface area contributed by atoms with Gasteiger partial charge in [-0.3, -0.25) is 9.69 Å². The van der Waals surface area contributed by atoms with Crippen molar-refractivity contribution in [1.29, 1.82) is 0 Å². The van der Waals surface area contributed by atoms with Crippen molar-refractivity contribution < 1.29 is 27.2 Å². The van der Waals surface area contributed by atoms with Crippen molar-refractivity contribution in [2.24, 2.45) is 0 Å². The van der Waals surface area contributed by atoms with Crippen molar-refractivity contribution in [1.82, 2.24) is 4.31 Å². The van der Waals surface area contributed by atoms with E-state index in [0.29, 0.717) is 22.2 Å². The molecule has 0 unspecified atom stereocenters. The second-order valence-electron chi connectivity index (χ2n) is 11.2. The number of aryl methyl sites for hydroxylation is 3. The molecule has 1 aromatic heterocycles. The molecule has 8 nitrogen and oxygen atoms in total. The summed E-state index contributed by atoms with van der Waals surface area (Å²) in [6.45, 7) is 9.48. The van der Waals surface area contributed by atoms with Crippen LogP contribution in [-0.4, -0.2) is 31.2 Å². The average Bonchev–Trinajstić information content (AvgIpc) is 3.56. The molecule has 1 aliphatic heterocycles. The number of hydrogen-bond donors (Lipinski definition) is 0. The number of allylic oxidation sites excluding steroid dienone is 1. The molecule has 3 aromatic carbocycles. The van der Waals surface area contributed by atoms with Crippen LogP contribution < -0.4 is 4.90 Å². The van der Waals surface area contributed by atoms with E-state index in [9.17, 15) is 18.0 Å². The smallest absolute Gasteiger partial charge is 0.340 e. The van der Waals surface area contributed by atoms with Gasteiger partial charge in [0.2, 0.25) is 10.0 Å². The van der Waals surface area contributed by atoms with Gasteiger partial charge in [-0.15, -0.1) is 0 Å². The fraction of sp³-hybridized carbons (Fsp3) is 0.222. The van der Waals surface area contributed by atoms with Crippen LogP contribution in [0.4, 0.5) is 5.69 Å². The van der Waals surface area contributed by atoms with Gasteiger partial charge in [0.25, 0.3) is 5.91 Å². The van der Waals surface area contributed by atoms with Crippen LogP contribution in [0.15, 0.2) is 105 Å². The van der Waals surface area contributed by atoms with Crippen molar-refractivity contribution in [3.63, 3.8) is 0 Å². The Hall–Kier alpha value is -4.44. The Balaban J connectivity index is 1.49. The molecule has 5 rings (SSSR count). The monoisotopic (exact) mass is 658 g/mol. The van der Waals surface area contributed by atoms with Crippen molar-refractivity contribution in [3.05, 3.63) is 135 Å². The van der Waals surface area contributed by atoms with E-state index < -0.39 is 21.9 Å². The van der Waals surface area contributed by atoms with Crippen molar-refractivity contribution in [2.45, 2.75) is 52.6 Å². The number of carbonyl (C=O) groups excluding carboxylic acids is 2. The van der Waals surface area contributed by atoms with Gasteiger partial charge in [0.05, 0.1) is 29.2 Å². The summed E-state index contributed by atoms with van der Waals surface area (Å²) >= 11 is 6.02. The number of sulfonamides is 1. The third-order valence-corrected chi connectivity index (χ3v) is 9.92. The summed E-state index contributed by atoms with van der Waals surface area (Å²) in [5.41, 5.74) is 5.31. The number of ether oxygens (including phenoxy) is 1. The Kier molecular flexibility index (Phi) is 9.67. The lowest BCUT2D eigenvalue weighted by Gasteiger charge is -2.21. The SMILES string of the molecule is CCOC(=O)C1=C(C)N(c2ccc(C)c(C)c2)C(=O)/C1=C/c1ccc(CN(Cc2ccc(C)cc2)S(=O)(=O)c2ccc(Cl)cc2)o1. The Morgan fingerprint density at radius 2 is 1.61 bits per heavy atom. The summed E-state index contributed by atoms with van der Waals surface area (Å²) in [4.78, 5) is 28.5. The van der Waals surface area contributed by atoms with Crippen LogP contribution in [0.5, 0.6) is 0 Å².